The molecule has 0 saturated heterocycles. The Balaban J connectivity index is 2.35. The fraction of sp³-hybridized carbons (Fsp3) is 0.111. The SMILES string of the molecule is COc1ccc([N+](=O)[O-])cc1Oc1nnc(Br)s1. The third-order valence-electron chi connectivity index (χ3n) is 1.94. The molecule has 7 nitrogen and oxygen atoms in total. The first-order valence-electron chi connectivity index (χ1n) is 4.59. The Labute approximate surface area is 114 Å². The first-order valence-corrected chi connectivity index (χ1v) is 6.20. The van der Waals surface area contributed by atoms with E-state index in [9.17, 15) is 10.1 Å². The molecule has 0 aliphatic rings. The minimum Gasteiger partial charge on any atom is -0.493 e. The second-order valence-electron chi connectivity index (χ2n) is 3.02. The highest BCUT2D eigenvalue weighted by molar-refractivity contribution is 9.11. The van der Waals surface area contributed by atoms with Crippen LogP contribution in [0.15, 0.2) is 22.1 Å². The zero-order valence-corrected chi connectivity index (χ0v) is 11.4. The normalized spacial score (nSPS) is 10.1. The molecule has 0 unspecified atom stereocenters. The fourth-order valence-electron chi connectivity index (χ4n) is 1.19. The average molecular weight is 332 g/mol. The number of nitrogens with zero attached hydrogens (tertiary/aromatic N) is 3. The van der Waals surface area contributed by atoms with Crippen LogP contribution in [0.3, 0.4) is 0 Å². The highest BCUT2D eigenvalue weighted by Crippen LogP contribution is 2.36. The number of benzene rings is 1. The van der Waals surface area contributed by atoms with E-state index in [4.69, 9.17) is 9.47 Å². The maximum Gasteiger partial charge on any atom is 0.300 e. The lowest BCUT2D eigenvalue weighted by Crippen LogP contribution is -1.93. The van der Waals surface area contributed by atoms with Crippen LogP contribution in [0.5, 0.6) is 16.7 Å². The number of hydrogen-bond acceptors (Lipinski definition) is 7. The molecule has 18 heavy (non-hydrogen) atoms. The van der Waals surface area contributed by atoms with Crippen molar-refractivity contribution in [3.05, 3.63) is 32.2 Å². The summed E-state index contributed by atoms with van der Waals surface area (Å²) < 4.78 is 11.0. The van der Waals surface area contributed by atoms with Gasteiger partial charge in [0.15, 0.2) is 15.4 Å². The molecule has 1 aromatic heterocycles. The molecule has 9 heteroatoms. The van der Waals surface area contributed by atoms with Crippen molar-refractivity contribution in [3.63, 3.8) is 0 Å². The Bertz CT molecular complexity index is 589. The van der Waals surface area contributed by atoms with Crippen LogP contribution in [-0.4, -0.2) is 22.2 Å². The topological polar surface area (TPSA) is 87.4 Å². The minimum atomic E-state index is -0.512. The van der Waals surface area contributed by atoms with E-state index in [0.717, 1.165) is 11.3 Å². The highest BCUT2D eigenvalue weighted by Gasteiger charge is 2.14. The monoisotopic (exact) mass is 331 g/mol. The summed E-state index contributed by atoms with van der Waals surface area (Å²) in [5.41, 5.74) is -0.0885. The van der Waals surface area contributed by atoms with Gasteiger partial charge in [-0.2, -0.15) is 0 Å². The van der Waals surface area contributed by atoms with Crippen LogP contribution in [-0.2, 0) is 0 Å². The Kier molecular flexibility index (Phi) is 3.72. The summed E-state index contributed by atoms with van der Waals surface area (Å²) in [4.78, 5) is 10.2. The Morgan fingerprint density at radius 2 is 2.17 bits per heavy atom. The van der Waals surface area contributed by atoms with E-state index in [-0.39, 0.29) is 16.6 Å². The molecule has 1 heterocycles. The predicted molar refractivity (Wildman–Crippen MR) is 67.3 cm³/mol. The first-order chi connectivity index (χ1) is 8.60. The minimum absolute atomic E-state index is 0.0885. The predicted octanol–water partition coefficient (Wildman–Crippen LogP) is 3.01. The van der Waals surface area contributed by atoms with Crippen molar-refractivity contribution in [2.24, 2.45) is 0 Å². The molecule has 1 aromatic carbocycles. The molecule has 0 radical (unpaired) electrons. The maximum absolute atomic E-state index is 10.7. The maximum atomic E-state index is 10.7. The molecular formula is C9H6BrN3O4S. The van der Waals surface area contributed by atoms with Gasteiger partial charge < -0.3 is 9.47 Å². The lowest BCUT2D eigenvalue weighted by molar-refractivity contribution is -0.384. The molecule has 0 saturated carbocycles. The second kappa shape index (κ2) is 5.27. The largest absolute Gasteiger partial charge is 0.493 e. The van der Waals surface area contributed by atoms with E-state index in [1.807, 2.05) is 0 Å². The Morgan fingerprint density at radius 1 is 1.39 bits per heavy atom. The van der Waals surface area contributed by atoms with Gasteiger partial charge in [0.25, 0.3) is 10.9 Å². The third kappa shape index (κ3) is 2.74. The molecule has 0 fully saturated rings. The quantitative estimate of drug-likeness (QED) is 0.632. The molecular weight excluding hydrogens is 326 g/mol. The second-order valence-corrected chi connectivity index (χ2v) is 5.23. The van der Waals surface area contributed by atoms with Crippen molar-refractivity contribution in [2.75, 3.05) is 7.11 Å². The summed E-state index contributed by atoms with van der Waals surface area (Å²) >= 11 is 4.31. The number of rotatable bonds is 4. The van der Waals surface area contributed by atoms with Crippen LogP contribution in [0.1, 0.15) is 0 Å². The van der Waals surface area contributed by atoms with Crippen molar-refractivity contribution < 1.29 is 14.4 Å². The van der Waals surface area contributed by atoms with Gasteiger partial charge in [-0.25, -0.2) is 0 Å². The molecule has 0 aliphatic carbocycles. The number of nitro benzene ring substituents is 1. The number of nitro groups is 1. The van der Waals surface area contributed by atoms with Gasteiger partial charge >= 0.3 is 0 Å². The van der Waals surface area contributed by atoms with Gasteiger partial charge in [-0.15, -0.1) is 5.10 Å². The zero-order chi connectivity index (χ0) is 13.1. The van der Waals surface area contributed by atoms with Crippen molar-refractivity contribution in [2.45, 2.75) is 0 Å². The van der Waals surface area contributed by atoms with Crippen LogP contribution in [0.25, 0.3) is 0 Å². The molecule has 2 rings (SSSR count). The lowest BCUT2D eigenvalue weighted by Gasteiger charge is -2.06. The molecule has 94 valence electrons. The summed E-state index contributed by atoms with van der Waals surface area (Å²) in [6.07, 6.45) is 0. The van der Waals surface area contributed by atoms with Gasteiger partial charge in [-0.3, -0.25) is 10.1 Å². The fourth-order valence-corrected chi connectivity index (χ4v) is 2.12. The molecule has 0 spiro atoms. The summed E-state index contributed by atoms with van der Waals surface area (Å²) in [6, 6.07) is 4.07. The number of aromatic nitrogens is 2. The van der Waals surface area contributed by atoms with Crippen molar-refractivity contribution in [3.8, 4) is 16.7 Å². The number of non-ortho nitro benzene ring substituents is 1. The number of ether oxygens (including phenoxy) is 2. The van der Waals surface area contributed by atoms with E-state index < -0.39 is 4.92 Å². The van der Waals surface area contributed by atoms with Crippen LogP contribution >= 0.6 is 27.3 Å². The Morgan fingerprint density at radius 3 is 2.72 bits per heavy atom. The smallest absolute Gasteiger partial charge is 0.300 e. The van der Waals surface area contributed by atoms with E-state index in [2.05, 4.69) is 26.1 Å². The molecule has 0 atom stereocenters. The van der Waals surface area contributed by atoms with Gasteiger partial charge in [0.1, 0.15) is 0 Å². The Hall–Kier alpha value is -1.74. The molecule has 2 aromatic rings. The van der Waals surface area contributed by atoms with Crippen LogP contribution < -0.4 is 9.47 Å². The van der Waals surface area contributed by atoms with Gasteiger partial charge in [0.05, 0.1) is 18.1 Å². The van der Waals surface area contributed by atoms with Gasteiger partial charge in [-0.1, -0.05) is 5.10 Å². The molecule has 0 N–H and O–H groups in total. The van der Waals surface area contributed by atoms with Crippen molar-refractivity contribution in [1.82, 2.24) is 10.2 Å². The average Bonchev–Trinajstić information content (AvgIpc) is 2.74. The highest BCUT2D eigenvalue weighted by atomic mass is 79.9. The molecule has 0 bridgehead atoms. The van der Waals surface area contributed by atoms with E-state index in [1.165, 1.54) is 25.3 Å². The number of methoxy groups -OCH3 is 1. The summed E-state index contributed by atoms with van der Waals surface area (Å²) in [5, 5.41) is 18.4. The number of hydrogen-bond donors (Lipinski definition) is 0. The molecule has 0 aliphatic heterocycles. The summed E-state index contributed by atoms with van der Waals surface area (Å²) in [6.45, 7) is 0. The summed E-state index contributed by atoms with van der Waals surface area (Å²) in [5.74, 6) is 0.599. The van der Waals surface area contributed by atoms with Gasteiger partial charge in [0.2, 0.25) is 0 Å². The van der Waals surface area contributed by atoms with Crippen LogP contribution in [0, 0.1) is 10.1 Å². The van der Waals surface area contributed by atoms with E-state index in [0.29, 0.717) is 9.67 Å². The first kappa shape index (κ1) is 12.7. The van der Waals surface area contributed by atoms with Crippen molar-refractivity contribution in [1.29, 1.82) is 0 Å². The molecule has 0 amide bonds. The van der Waals surface area contributed by atoms with E-state index >= 15 is 0 Å². The number of halogens is 1. The van der Waals surface area contributed by atoms with Crippen LogP contribution in [0.2, 0.25) is 0 Å². The van der Waals surface area contributed by atoms with Crippen molar-refractivity contribution >= 4 is 33.0 Å². The van der Waals surface area contributed by atoms with Gasteiger partial charge in [0, 0.05) is 6.07 Å². The summed E-state index contributed by atoms with van der Waals surface area (Å²) in [7, 11) is 1.45. The van der Waals surface area contributed by atoms with Crippen LogP contribution in [0.4, 0.5) is 5.69 Å². The van der Waals surface area contributed by atoms with Gasteiger partial charge in [-0.05, 0) is 33.3 Å². The zero-order valence-electron chi connectivity index (χ0n) is 8.99. The lowest BCUT2D eigenvalue weighted by atomic mass is 10.3. The van der Waals surface area contributed by atoms with E-state index in [1.54, 1.807) is 0 Å². The third-order valence-corrected chi connectivity index (χ3v) is 3.17. The standard InChI is InChI=1S/C9H6BrN3O4S/c1-16-6-3-2-5(13(14)15)4-7(6)17-9-12-11-8(10)18-9/h2-4H,1H3.